The van der Waals surface area contributed by atoms with Crippen molar-refractivity contribution in [3.8, 4) is 0 Å². The molecule has 0 bridgehead atoms. The number of nitrogens with zero attached hydrogens (tertiary/aromatic N) is 1. The zero-order valence-corrected chi connectivity index (χ0v) is 9.85. The first kappa shape index (κ1) is 11.3. The maximum Gasteiger partial charge on any atom is 0.0342 e. The van der Waals surface area contributed by atoms with E-state index in [1.807, 2.05) is 0 Å². The molecule has 0 N–H and O–H groups in total. The Bertz CT molecular complexity index is 139. The van der Waals surface area contributed by atoms with Gasteiger partial charge in [-0.1, -0.05) is 13.8 Å². The smallest absolute Gasteiger partial charge is 0.0342 e. The molecule has 1 nitrogen and oxygen atoms in total. The van der Waals surface area contributed by atoms with Gasteiger partial charge in [-0.25, -0.2) is 0 Å². The van der Waals surface area contributed by atoms with E-state index in [4.69, 9.17) is 11.6 Å². The van der Waals surface area contributed by atoms with Crippen molar-refractivity contribution >= 4 is 11.6 Å². The van der Waals surface area contributed by atoms with E-state index in [1.165, 1.54) is 32.2 Å². The summed E-state index contributed by atoms with van der Waals surface area (Å²) in [5, 5.41) is 0.472. The van der Waals surface area contributed by atoms with Crippen molar-refractivity contribution < 1.29 is 0 Å². The lowest BCUT2D eigenvalue weighted by atomic mass is 9.84. The summed E-state index contributed by atoms with van der Waals surface area (Å²) in [6.07, 6.45) is 4.99. The van der Waals surface area contributed by atoms with Crippen LogP contribution >= 0.6 is 11.6 Å². The van der Waals surface area contributed by atoms with Crippen LogP contribution in [0.5, 0.6) is 0 Å². The highest BCUT2D eigenvalue weighted by molar-refractivity contribution is 6.21. The Morgan fingerprint density at radius 1 is 1.31 bits per heavy atom. The molecular weight excluding hydrogens is 182 g/mol. The van der Waals surface area contributed by atoms with Crippen LogP contribution in [-0.2, 0) is 0 Å². The molecule has 0 aromatic rings. The quantitative estimate of drug-likeness (QED) is 0.621. The first-order valence-electron chi connectivity index (χ1n) is 5.51. The largest absolute Gasteiger partial charge is 0.303 e. The Kier molecular flexibility index (Phi) is 4.54. The van der Waals surface area contributed by atoms with Crippen molar-refractivity contribution in [3.63, 3.8) is 0 Å². The van der Waals surface area contributed by atoms with E-state index in [0.29, 0.717) is 5.38 Å². The van der Waals surface area contributed by atoms with Crippen LogP contribution < -0.4 is 0 Å². The normalized spacial score (nSPS) is 28.2. The zero-order valence-electron chi connectivity index (χ0n) is 9.09. The Morgan fingerprint density at radius 3 is 2.23 bits per heavy atom. The van der Waals surface area contributed by atoms with Gasteiger partial charge >= 0.3 is 0 Å². The van der Waals surface area contributed by atoms with Crippen LogP contribution in [0.25, 0.3) is 0 Å². The van der Waals surface area contributed by atoms with Crippen LogP contribution in [0, 0.1) is 5.92 Å². The van der Waals surface area contributed by atoms with Crippen LogP contribution in [0.1, 0.15) is 39.5 Å². The molecule has 13 heavy (non-hydrogen) atoms. The van der Waals surface area contributed by atoms with E-state index < -0.39 is 0 Å². The molecule has 1 aliphatic rings. The Hall–Kier alpha value is 0.250. The van der Waals surface area contributed by atoms with Gasteiger partial charge in [0, 0.05) is 18.0 Å². The van der Waals surface area contributed by atoms with E-state index in [2.05, 4.69) is 25.8 Å². The van der Waals surface area contributed by atoms with Crippen molar-refractivity contribution in [3.05, 3.63) is 0 Å². The molecule has 2 heteroatoms. The van der Waals surface area contributed by atoms with Gasteiger partial charge in [-0.05, 0) is 38.6 Å². The Balaban J connectivity index is 2.19. The van der Waals surface area contributed by atoms with Gasteiger partial charge in [0.05, 0.1) is 0 Å². The monoisotopic (exact) mass is 203 g/mol. The average molecular weight is 204 g/mol. The van der Waals surface area contributed by atoms with Gasteiger partial charge < -0.3 is 4.90 Å². The number of hydrogen-bond donors (Lipinski definition) is 0. The number of alkyl halides is 1. The third-order valence-corrected chi connectivity index (χ3v) is 3.65. The molecule has 0 aliphatic heterocycles. The number of hydrogen-bond acceptors (Lipinski definition) is 1. The summed E-state index contributed by atoms with van der Waals surface area (Å²) in [5.74, 6) is 0.869. The van der Waals surface area contributed by atoms with Gasteiger partial charge in [0.25, 0.3) is 0 Å². The molecule has 0 heterocycles. The molecule has 78 valence electrons. The molecule has 0 radical (unpaired) electrons. The van der Waals surface area contributed by atoms with Crippen LogP contribution in [0.4, 0.5) is 0 Å². The van der Waals surface area contributed by atoms with Gasteiger partial charge in [-0.3, -0.25) is 0 Å². The maximum atomic E-state index is 5.96. The standard InChI is InChI=1S/C11H22ClN/c1-4-11(5-2)13(3)8-9-6-10(12)7-9/h9-11H,4-8H2,1-3H3. The van der Waals surface area contributed by atoms with Gasteiger partial charge in [0.1, 0.15) is 0 Å². The van der Waals surface area contributed by atoms with E-state index in [9.17, 15) is 0 Å². The average Bonchev–Trinajstić information content (AvgIpc) is 2.04. The van der Waals surface area contributed by atoms with E-state index in [1.54, 1.807) is 0 Å². The minimum Gasteiger partial charge on any atom is -0.303 e. The molecule has 0 spiro atoms. The summed E-state index contributed by atoms with van der Waals surface area (Å²) < 4.78 is 0. The molecule has 0 aromatic carbocycles. The minimum absolute atomic E-state index is 0.472. The fraction of sp³-hybridized carbons (Fsp3) is 1.00. The SMILES string of the molecule is CCC(CC)N(C)CC1CC(Cl)C1. The second-order valence-corrected chi connectivity index (χ2v) is 4.96. The molecule has 1 fully saturated rings. The van der Waals surface area contributed by atoms with Crippen LogP contribution in [-0.4, -0.2) is 29.9 Å². The maximum absolute atomic E-state index is 5.96. The highest BCUT2D eigenvalue weighted by atomic mass is 35.5. The number of halogens is 1. The Labute approximate surface area is 87.4 Å². The van der Waals surface area contributed by atoms with Gasteiger partial charge in [0.2, 0.25) is 0 Å². The first-order valence-corrected chi connectivity index (χ1v) is 5.95. The third kappa shape index (κ3) is 3.14. The minimum atomic E-state index is 0.472. The van der Waals surface area contributed by atoms with Crippen LogP contribution in [0.3, 0.4) is 0 Å². The van der Waals surface area contributed by atoms with Gasteiger partial charge in [-0.2, -0.15) is 0 Å². The lowest BCUT2D eigenvalue weighted by Gasteiger charge is -2.36. The fourth-order valence-corrected chi connectivity index (χ4v) is 2.78. The predicted octanol–water partition coefficient (Wildman–Crippen LogP) is 3.12. The molecule has 0 aromatic heterocycles. The lowest BCUT2D eigenvalue weighted by molar-refractivity contribution is 0.158. The molecule has 0 atom stereocenters. The summed E-state index contributed by atoms with van der Waals surface area (Å²) >= 11 is 5.96. The zero-order chi connectivity index (χ0) is 9.84. The second-order valence-electron chi connectivity index (χ2n) is 4.34. The molecule has 0 amide bonds. The van der Waals surface area contributed by atoms with E-state index in [-0.39, 0.29) is 0 Å². The van der Waals surface area contributed by atoms with Crippen molar-refractivity contribution in [2.75, 3.05) is 13.6 Å². The molecule has 1 aliphatic carbocycles. The van der Waals surface area contributed by atoms with Crippen LogP contribution in [0.2, 0.25) is 0 Å². The van der Waals surface area contributed by atoms with E-state index >= 15 is 0 Å². The predicted molar refractivity (Wildman–Crippen MR) is 59.4 cm³/mol. The summed E-state index contributed by atoms with van der Waals surface area (Å²) in [6.45, 7) is 5.79. The van der Waals surface area contributed by atoms with Crippen molar-refractivity contribution in [1.29, 1.82) is 0 Å². The highest BCUT2D eigenvalue weighted by Gasteiger charge is 2.28. The van der Waals surface area contributed by atoms with Crippen molar-refractivity contribution in [2.45, 2.75) is 50.9 Å². The number of rotatable bonds is 5. The first-order chi connectivity index (χ1) is 6.17. The van der Waals surface area contributed by atoms with Crippen molar-refractivity contribution in [2.24, 2.45) is 5.92 Å². The summed E-state index contributed by atoms with van der Waals surface area (Å²) in [5.41, 5.74) is 0. The molecule has 0 unspecified atom stereocenters. The van der Waals surface area contributed by atoms with Gasteiger partial charge in [0.15, 0.2) is 0 Å². The summed E-state index contributed by atoms with van der Waals surface area (Å²) in [4.78, 5) is 2.51. The molecular formula is C11H22ClN. The summed E-state index contributed by atoms with van der Waals surface area (Å²) in [6, 6.07) is 0.773. The lowest BCUT2D eigenvalue weighted by Crippen LogP contribution is -2.39. The molecule has 1 rings (SSSR count). The van der Waals surface area contributed by atoms with Crippen LogP contribution in [0.15, 0.2) is 0 Å². The van der Waals surface area contributed by atoms with E-state index in [0.717, 1.165) is 12.0 Å². The Morgan fingerprint density at radius 2 is 1.85 bits per heavy atom. The van der Waals surface area contributed by atoms with Crippen molar-refractivity contribution in [1.82, 2.24) is 4.90 Å². The molecule has 1 saturated carbocycles. The highest BCUT2D eigenvalue weighted by Crippen LogP contribution is 2.32. The second kappa shape index (κ2) is 5.21. The molecule has 0 saturated heterocycles. The third-order valence-electron chi connectivity index (χ3n) is 3.29. The fourth-order valence-electron chi connectivity index (χ4n) is 2.27. The summed E-state index contributed by atoms with van der Waals surface area (Å²) in [7, 11) is 2.25. The topological polar surface area (TPSA) is 3.24 Å². The van der Waals surface area contributed by atoms with Gasteiger partial charge in [-0.15, -0.1) is 11.6 Å².